The average Bonchev–Trinajstić information content (AvgIpc) is 1.77. The Morgan fingerprint density at radius 3 is 2.14 bits per heavy atom. The van der Waals surface area contributed by atoms with E-state index in [1.165, 1.54) is 0 Å². The molecule has 0 saturated carbocycles. The van der Waals surface area contributed by atoms with E-state index in [4.69, 9.17) is 5.11 Å². The minimum atomic E-state index is 0.171. The molecule has 0 heterocycles. The molecule has 14 heavy (non-hydrogen) atoms. The highest BCUT2D eigenvalue weighted by molar-refractivity contribution is 5.75. The molecule has 0 rings (SSSR count). The summed E-state index contributed by atoms with van der Waals surface area (Å²) in [4.78, 5) is 11.0. The number of aliphatic hydroxyl groups is 1. The van der Waals surface area contributed by atoms with Crippen LogP contribution in [0, 0.1) is 5.92 Å². The predicted octanol–water partition coefficient (Wildman–Crippen LogP) is 1.75. The van der Waals surface area contributed by atoms with E-state index in [2.05, 4.69) is 27.7 Å². The maximum absolute atomic E-state index is 11.0. The predicted molar refractivity (Wildman–Crippen MR) is 58.1 cm³/mol. The summed E-state index contributed by atoms with van der Waals surface area (Å²) >= 11 is 0. The Morgan fingerprint density at radius 1 is 1.36 bits per heavy atom. The van der Waals surface area contributed by atoms with Crippen LogP contribution in [0.15, 0.2) is 12.3 Å². The van der Waals surface area contributed by atoms with Crippen LogP contribution in [0.25, 0.3) is 0 Å². The van der Waals surface area contributed by atoms with Gasteiger partial charge in [-0.05, 0) is 6.92 Å². The van der Waals surface area contributed by atoms with Crippen LogP contribution in [0.3, 0.4) is 0 Å². The van der Waals surface area contributed by atoms with Crippen molar-refractivity contribution in [2.24, 2.45) is 5.92 Å². The van der Waals surface area contributed by atoms with Gasteiger partial charge in [0.25, 0.3) is 0 Å². The first-order valence-electron chi connectivity index (χ1n) is 4.87. The third-order valence-electron chi connectivity index (χ3n) is 1.91. The monoisotopic (exact) mass is 200 g/mol. The van der Waals surface area contributed by atoms with Gasteiger partial charge in [0.1, 0.15) is 5.78 Å². The van der Waals surface area contributed by atoms with Crippen LogP contribution < -0.4 is 0 Å². The molecule has 0 aliphatic rings. The van der Waals surface area contributed by atoms with Crippen molar-refractivity contribution in [3.63, 3.8) is 0 Å². The summed E-state index contributed by atoms with van der Waals surface area (Å²) in [5.41, 5.74) is 0. The zero-order valence-corrected chi connectivity index (χ0v) is 9.71. The van der Waals surface area contributed by atoms with Crippen LogP contribution in [0.5, 0.6) is 0 Å². The van der Waals surface area contributed by atoms with Gasteiger partial charge in [-0.3, -0.25) is 0 Å². The number of aliphatic hydroxyl groups excluding tert-OH is 1. The minimum Gasteiger partial charge on any atom is -0.513 e. The zero-order chi connectivity index (χ0) is 11.4. The Hall–Kier alpha value is -0.830. The topological polar surface area (TPSA) is 37.3 Å². The van der Waals surface area contributed by atoms with E-state index >= 15 is 0 Å². The van der Waals surface area contributed by atoms with Crippen molar-refractivity contribution >= 4 is 5.78 Å². The lowest BCUT2D eigenvalue weighted by Gasteiger charge is -2.28. The molecule has 3 nitrogen and oxygen atoms in total. The van der Waals surface area contributed by atoms with Crippen molar-refractivity contribution < 1.29 is 14.4 Å². The highest BCUT2D eigenvalue weighted by Crippen LogP contribution is 2.16. The van der Waals surface area contributed by atoms with Gasteiger partial charge in [-0.15, -0.1) is 0 Å². The molecule has 3 heteroatoms. The van der Waals surface area contributed by atoms with Gasteiger partial charge >= 0.3 is 0 Å². The normalized spacial score (nSPS) is 13.7. The molecule has 0 spiro atoms. The number of allylic oxidation sites excluding steroid dienone is 1. The third kappa shape index (κ3) is 7.80. The SMILES string of the molecule is C=C(O)CC(CC(C)=O)C[N+](C)(C)C. The molecule has 0 aromatic carbocycles. The van der Waals surface area contributed by atoms with Gasteiger partial charge in [0.05, 0.1) is 33.4 Å². The highest BCUT2D eigenvalue weighted by Gasteiger charge is 2.20. The van der Waals surface area contributed by atoms with E-state index in [0.717, 1.165) is 11.0 Å². The number of Topliss-reactive ketones (excluding diaryl/α,β-unsaturated/α-hetero) is 1. The zero-order valence-electron chi connectivity index (χ0n) is 9.71. The summed E-state index contributed by atoms with van der Waals surface area (Å²) in [6, 6.07) is 0. The Balaban J connectivity index is 4.24. The van der Waals surface area contributed by atoms with Gasteiger partial charge in [0, 0.05) is 18.8 Å². The van der Waals surface area contributed by atoms with Crippen molar-refractivity contribution in [2.45, 2.75) is 19.8 Å². The largest absolute Gasteiger partial charge is 0.513 e. The van der Waals surface area contributed by atoms with Crippen LogP contribution in [0.1, 0.15) is 19.8 Å². The minimum absolute atomic E-state index is 0.171. The van der Waals surface area contributed by atoms with E-state index in [9.17, 15) is 4.79 Å². The Bertz CT molecular complexity index is 200. The highest BCUT2D eigenvalue weighted by atomic mass is 16.3. The maximum Gasteiger partial charge on any atom is 0.130 e. The Labute approximate surface area is 86.6 Å². The summed E-state index contributed by atoms with van der Waals surface area (Å²) in [5, 5.41) is 9.12. The number of rotatable bonds is 6. The van der Waals surface area contributed by atoms with E-state index in [1.54, 1.807) is 6.92 Å². The molecule has 0 aliphatic carbocycles. The third-order valence-corrected chi connectivity index (χ3v) is 1.91. The second kappa shape index (κ2) is 5.15. The van der Waals surface area contributed by atoms with E-state index < -0.39 is 0 Å². The molecule has 82 valence electrons. The molecule has 1 N–H and O–H groups in total. The van der Waals surface area contributed by atoms with Crippen LogP contribution in [0.4, 0.5) is 0 Å². The lowest BCUT2D eigenvalue weighted by Crippen LogP contribution is -2.39. The van der Waals surface area contributed by atoms with E-state index in [-0.39, 0.29) is 17.5 Å². The van der Waals surface area contributed by atoms with Gasteiger partial charge in [-0.25, -0.2) is 0 Å². The quantitative estimate of drug-likeness (QED) is 0.524. The van der Waals surface area contributed by atoms with Crippen LogP contribution in [0.2, 0.25) is 0 Å². The first-order chi connectivity index (χ1) is 6.20. The number of hydrogen-bond donors (Lipinski definition) is 1. The summed E-state index contributed by atoms with van der Waals surface area (Å²) in [6.07, 6.45) is 1.05. The first kappa shape index (κ1) is 13.2. The lowest BCUT2D eigenvalue weighted by molar-refractivity contribution is -0.873. The number of carbonyl (C=O) groups excluding carboxylic acids is 1. The molecule has 0 aliphatic heterocycles. The Kier molecular flexibility index (Phi) is 4.85. The lowest BCUT2D eigenvalue weighted by atomic mass is 9.97. The standard InChI is InChI=1S/C11H21NO2/c1-9(13)6-11(7-10(2)14)8-12(3,4)5/h11H,1,6-8H2,2-5H3/p+1. The van der Waals surface area contributed by atoms with E-state index in [0.29, 0.717) is 12.8 Å². The molecule has 0 fully saturated rings. The summed E-state index contributed by atoms with van der Waals surface area (Å²) in [5.74, 6) is 0.541. The molecule has 0 amide bonds. The van der Waals surface area contributed by atoms with Gasteiger partial charge in [0.15, 0.2) is 0 Å². The molecule has 0 saturated heterocycles. The fourth-order valence-electron chi connectivity index (χ4n) is 1.72. The van der Waals surface area contributed by atoms with Crippen molar-refractivity contribution in [1.82, 2.24) is 0 Å². The smallest absolute Gasteiger partial charge is 0.130 e. The van der Waals surface area contributed by atoms with Crippen LogP contribution in [-0.2, 0) is 4.79 Å². The Morgan fingerprint density at radius 2 is 1.86 bits per heavy atom. The summed E-state index contributed by atoms with van der Waals surface area (Å²) in [7, 11) is 6.23. The number of carbonyl (C=O) groups is 1. The van der Waals surface area contributed by atoms with Crippen LogP contribution in [-0.4, -0.2) is 43.1 Å². The van der Waals surface area contributed by atoms with Crippen molar-refractivity contribution in [3.05, 3.63) is 12.3 Å². The second-order valence-electron chi connectivity index (χ2n) is 5.02. The number of hydrogen-bond acceptors (Lipinski definition) is 2. The average molecular weight is 200 g/mol. The number of nitrogens with zero attached hydrogens (tertiary/aromatic N) is 1. The van der Waals surface area contributed by atoms with Gasteiger partial charge in [-0.2, -0.15) is 0 Å². The molecule has 0 bridgehead atoms. The van der Waals surface area contributed by atoms with Gasteiger partial charge in [-0.1, -0.05) is 6.58 Å². The fourth-order valence-corrected chi connectivity index (χ4v) is 1.72. The fraction of sp³-hybridized carbons (Fsp3) is 0.727. The van der Waals surface area contributed by atoms with Crippen molar-refractivity contribution in [3.8, 4) is 0 Å². The summed E-state index contributed by atoms with van der Waals surface area (Å²) in [6.45, 7) is 5.93. The molecule has 0 aromatic rings. The molecule has 0 aromatic heterocycles. The van der Waals surface area contributed by atoms with Gasteiger partial charge in [0.2, 0.25) is 0 Å². The molecular formula is C11H22NO2+. The second-order valence-corrected chi connectivity index (χ2v) is 5.02. The molecule has 1 unspecified atom stereocenters. The summed E-state index contributed by atoms with van der Waals surface area (Å²) < 4.78 is 0.797. The van der Waals surface area contributed by atoms with Gasteiger partial charge < -0.3 is 14.4 Å². The number of ketones is 1. The number of quaternary nitrogens is 1. The van der Waals surface area contributed by atoms with Crippen LogP contribution >= 0.6 is 0 Å². The maximum atomic E-state index is 11.0. The molecule has 0 radical (unpaired) electrons. The van der Waals surface area contributed by atoms with E-state index in [1.807, 2.05) is 0 Å². The molecular weight excluding hydrogens is 178 g/mol. The first-order valence-corrected chi connectivity index (χ1v) is 4.87. The van der Waals surface area contributed by atoms with Crippen molar-refractivity contribution in [1.29, 1.82) is 0 Å². The molecule has 1 atom stereocenters. The van der Waals surface area contributed by atoms with Crippen molar-refractivity contribution in [2.75, 3.05) is 27.7 Å².